The maximum atomic E-state index is 3.60. The molecule has 2 rings (SSSR count). The summed E-state index contributed by atoms with van der Waals surface area (Å²) in [5.74, 6) is 0. The van der Waals surface area contributed by atoms with Crippen molar-refractivity contribution in [2.24, 2.45) is 0 Å². The van der Waals surface area contributed by atoms with Crippen molar-refractivity contribution in [3.8, 4) is 0 Å². The summed E-state index contributed by atoms with van der Waals surface area (Å²) < 4.78 is 1.21. The van der Waals surface area contributed by atoms with Crippen LogP contribution in [0.25, 0.3) is 0 Å². The van der Waals surface area contributed by atoms with E-state index in [9.17, 15) is 0 Å². The van der Waals surface area contributed by atoms with Crippen LogP contribution in [0.3, 0.4) is 0 Å². The molecule has 76 valence electrons. The first-order valence-electron chi connectivity index (χ1n) is 4.94. The molecule has 1 fully saturated rings. The minimum absolute atomic E-state index is 0.499. The lowest BCUT2D eigenvalue weighted by molar-refractivity contribution is 0.201. The highest BCUT2D eigenvalue weighted by atomic mass is 79.9. The summed E-state index contributed by atoms with van der Waals surface area (Å²) >= 11 is 3.60. The third kappa shape index (κ3) is 2.00. The molecule has 0 aliphatic carbocycles. The molecule has 0 saturated carbocycles. The normalized spacial score (nSPS) is 23.7. The van der Waals surface area contributed by atoms with Gasteiger partial charge in [0.1, 0.15) is 0 Å². The summed E-state index contributed by atoms with van der Waals surface area (Å²) in [6, 6.07) is 8.96. The Kier molecular flexibility index (Phi) is 3.21. The summed E-state index contributed by atoms with van der Waals surface area (Å²) in [7, 11) is 2.19. The number of halogens is 1. The lowest BCUT2D eigenvalue weighted by Gasteiger charge is -2.33. The molecule has 0 spiro atoms. The van der Waals surface area contributed by atoms with Crippen LogP contribution < -0.4 is 5.32 Å². The van der Waals surface area contributed by atoms with Gasteiger partial charge in [-0.25, -0.2) is 0 Å². The Morgan fingerprint density at radius 2 is 2.21 bits per heavy atom. The van der Waals surface area contributed by atoms with Crippen molar-refractivity contribution in [2.45, 2.75) is 6.04 Å². The van der Waals surface area contributed by atoms with Crippen LogP contribution in [-0.2, 0) is 0 Å². The van der Waals surface area contributed by atoms with E-state index in [4.69, 9.17) is 0 Å². The van der Waals surface area contributed by atoms with Crippen molar-refractivity contribution in [3.63, 3.8) is 0 Å². The first kappa shape index (κ1) is 10.1. The van der Waals surface area contributed by atoms with Crippen LogP contribution in [0, 0.1) is 0 Å². The second kappa shape index (κ2) is 4.43. The van der Waals surface area contributed by atoms with Crippen molar-refractivity contribution in [2.75, 3.05) is 26.7 Å². The Hall–Kier alpha value is -0.380. The number of nitrogens with zero attached hydrogens (tertiary/aromatic N) is 1. The molecular formula is C11H15BrN2. The smallest absolute Gasteiger partial charge is 0.0481 e. The Balaban J connectivity index is 2.25. The molecule has 1 aliphatic heterocycles. The van der Waals surface area contributed by atoms with E-state index in [1.54, 1.807) is 0 Å². The van der Waals surface area contributed by atoms with E-state index < -0.39 is 0 Å². The molecule has 1 saturated heterocycles. The van der Waals surface area contributed by atoms with Crippen LogP contribution >= 0.6 is 15.9 Å². The van der Waals surface area contributed by atoms with Gasteiger partial charge < -0.3 is 5.32 Å². The van der Waals surface area contributed by atoms with E-state index >= 15 is 0 Å². The fourth-order valence-electron chi connectivity index (χ4n) is 1.90. The van der Waals surface area contributed by atoms with Crippen LogP contribution in [-0.4, -0.2) is 31.6 Å². The molecule has 0 radical (unpaired) electrons. The third-order valence-corrected chi connectivity index (χ3v) is 3.50. The Morgan fingerprint density at radius 3 is 2.93 bits per heavy atom. The number of rotatable bonds is 1. The zero-order valence-electron chi connectivity index (χ0n) is 8.33. The van der Waals surface area contributed by atoms with Crippen LogP contribution in [0.4, 0.5) is 0 Å². The lowest BCUT2D eigenvalue weighted by Crippen LogP contribution is -2.43. The first-order chi connectivity index (χ1) is 6.79. The average Bonchev–Trinajstić information content (AvgIpc) is 2.20. The van der Waals surface area contributed by atoms with E-state index in [1.807, 2.05) is 0 Å². The summed E-state index contributed by atoms with van der Waals surface area (Å²) in [5, 5.41) is 3.43. The lowest BCUT2D eigenvalue weighted by atomic mass is 10.0. The average molecular weight is 255 g/mol. The highest BCUT2D eigenvalue weighted by Crippen LogP contribution is 2.27. The van der Waals surface area contributed by atoms with Crippen molar-refractivity contribution in [3.05, 3.63) is 34.3 Å². The maximum Gasteiger partial charge on any atom is 0.0481 e. The number of nitrogens with one attached hydrogen (secondary N) is 1. The van der Waals surface area contributed by atoms with Gasteiger partial charge >= 0.3 is 0 Å². The zero-order chi connectivity index (χ0) is 9.97. The molecule has 1 heterocycles. The zero-order valence-corrected chi connectivity index (χ0v) is 9.92. The minimum atomic E-state index is 0.499. The molecule has 0 bridgehead atoms. The summed E-state index contributed by atoms with van der Waals surface area (Å²) in [6.45, 7) is 3.25. The van der Waals surface area contributed by atoms with Crippen LogP contribution in [0.15, 0.2) is 28.7 Å². The van der Waals surface area contributed by atoms with Gasteiger partial charge in [-0.15, -0.1) is 0 Å². The Bertz CT molecular complexity index is 314. The van der Waals surface area contributed by atoms with E-state index in [2.05, 4.69) is 57.5 Å². The topological polar surface area (TPSA) is 15.3 Å². The van der Waals surface area contributed by atoms with E-state index in [-0.39, 0.29) is 0 Å². The molecule has 3 heteroatoms. The molecule has 2 nitrogen and oxygen atoms in total. The molecule has 1 unspecified atom stereocenters. The minimum Gasteiger partial charge on any atom is -0.314 e. The van der Waals surface area contributed by atoms with Gasteiger partial charge in [-0.05, 0) is 18.7 Å². The van der Waals surface area contributed by atoms with Crippen LogP contribution in [0.5, 0.6) is 0 Å². The van der Waals surface area contributed by atoms with Crippen LogP contribution in [0.2, 0.25) is 0 Å². The second-order valence-corrected chi connectivity index (χ2v) is 4.58. The third-order valence-electron chi connectivity index (χ3n) is 2.78. The molecule has 1 N–H and O–H groups in total. The van der Waals surface area contributed by atoms with Gasteiger partial charge in [-0.3, -0.25) is 4.90 Å². The fourth-order valence-corrected chi connectivity index (χ4v) is 2.45. The van der Waals surface area contributed by atoms with Gasteiger partial charge in [0.05, 0.1) is 0 Å². The van der Waals surface area contributed by atoms with Gasteiger partial charge in [0.15, 0.2) is 0 Å². The summed E-state index contributed by atoms with van der Waals surface area (Å²) in [4.78, 5) is 2.40. The molecule has 0 aromatic heterocycles. The number of benzene rings is 1. The highest BCUT2D eigenvalue weighted by Gasteiger charge is 2.21. The SMILES string of the molecule is CN1CCNCC1c1ccccc1Br. The predicted molar refractivity (Wildman–Crippen MR) is 62.4 cm³/mol. The van der Waals surface area contributed by atoms with Gasteiger partial charge in [-0.1, -0.05) is 34.1 Å². The largest absolute Gasteiger partial charge is 0.314 e. The van der Waals surface area contributed by atoms with Crippen molar-refractivity contribution in [1.29, 1.82) is 0 Å². The molecule has 14 heavy (non-hydrogen) atoms. The summed E-state index contributed by atoms with van der Waals surface area (Å²) in [5.41, 5.74) is 1.38. The highest BCUT2D eigenvalue weighted by molar-refractivity contribution is 9.10. The quantitative estimate of drug-likeness (QED) is 0.826. The van der Waals surface area contributed by atoms with Gasteiger partial charge in [0, 0.05) is 30.1 Å². The van der Waals surface area contributed by atoms with E-state index in [0.717, 1.165) is 19.6 Å². The number of piperazine rings is 1. The van der Waals surface area contributed by atoms with Gasteiger partial charge in [0.25, 0.3) is 0 Å². The van der Waals surface area contributed by atoms with Gasteiger partial charge in [0.2, 0.25) is 0 Å². The molecule has 1 aliphatic rings. The molecule has 1 aromatic rings. The van der Waals surface area contributed by atoms with E-state index in [0.29, 0.717) is 6.04 Å². The molecular weight excluding hydrogens is 240 g/mol. The van der Waals surface area contributed by atoms with Crippen molar-refractivity contribution in [1.82, 2.24) is 10.2 Å². The Labute approximate surface area is 93.4 Å². The standard InChI is InChI=1S/C11H15BrN2/c1-14-7-6-13-8-11(14)9-4-2-3-5-10(9)12/h2-5,11,13H,6-8H2,1H3. The summed E-state index contributed by atoms with van der Waals surface area (Å²) in [6.07, 6.45) is 0. The van der Waals surface area contributed by atoms with Crippen LogP contribution in [0.1, 0.15) is 11.6 Å². The molecule has 0 amide bonds. The maximum absolute atomic E-state index is 3.60. The van der Waals surface area contributed by atoms with Crippen molar-refractivity contribution >= 4 is 15.9 Å². The first-order valence-corrected chi connectivity index (χ1v) is 5.74. The Morgan fingerprint density at radius 1 is 1.43 bits per heavy atom. The van der Waals surface area contributed by atoms with E-state index in [1.165, 1.54) is 10.0 Å². The molecule has 1 aromatic carbocycles. The van der Waals surface area contributed by atoms with Crippen molar-refractivity contribution < 1.29 is 0 Å². The predicted octanol–water partition coefficient (Wildman–Crippen LogP) is 2.03. The fraction of sp³-hybridized carbons (Fsp3) is 0.455. The molecule has 1 atom stereocenters. The number of likely N-dealkylation sites (N-methyl/N-ethyl adjacent to an activating group) is 1. The second-order valence-electron chi connectivity index (χ2n) is 3.72. The van der Waals surface area contributed by atoms with Gasteiger partial charge in [-0.2, -0.15) is 0 Å². The number of hydrogen-bond donors (Lipinski definition) is 1. The monoisotopic (exact) mass is 254 g/mol. The number of hydrogen-bond acceptors (Lipinski definition) is 2.